The number of carbonyl (C=O) groups excluding carboxylic acids is 1. The van der Waals surface area contributed by atoms with Crippen molar-refractivity contribution in [2.24, 2.45) is 0 Å². The molecule has 1 amide bonds. The van der Waals surface area contributed by atoms with Crippen LogP contribution in [0.4, 0.5) is 0 Å². The molecule has 0 saturated carbocycles. The predicted octanol–water partition coefficient (Wildman–Crippen LogP) is -0.314. The Hall–Kier alpha value is -2.94. The molecule has 1 atom stereocenters. The lowest BCUT2D eigenvalue weighted by atomic mass is 10.0. The van der Waals surface area contributed by atoms with Gasteiger partial charge in [0.15, 0.2) is 5.54 Å². The van der Waals surface area contributed by atoms with Crippen molar-refractivity contribution < 1.29 is 19.4 Å². The Labute approximate surface area is 142 Å². The first kappa shape index (κ1) is 18.4. The van der Waals surface area contributed by atoms with Gasteiger partial charge in [-0.3, -0.25) is 19.5 Å². The Morgan fingerprint density at radius 2 is 1.92 bits per heavy atom. The van der Waals surface area contributed by atoms with Crippen molar-refractivity contribution in [3.8, 4) is 0 Å². The van der Waals surface area contributed by atoms with E-state index in [0.29, 0.717) is 0 Å². The van der Waals surface area contributed by atoms with E-state index in [2.05, 4.69) is 10.4 Å². The van der Waals surface area contributed by atoms with Gasteiger partial charge in [0, 0.05) is 13.5 Å². The highest BCUT2D eigenvalue weighted by molar-refractivity contribution is 5.86. The normalized spacial score (nSPS) is 13.4. The van der Waals surface area contributed by atoms with Crippen LogP contribution in [0.5, 0.6) is 0 Å². The number of carbonyl (C=O) groups is 2. The third-order valence-electron chi connectivity index (χ3n) is 3.77. The highest BCUT2D eigenvalue weighted by Gasteiger charge is 2.34. The van der Waals surface area contributed by atoms with E-state index in [-0.39, 0.29) is 30.3 Å². The number of hydrogen-bond acceptors (Lipinski definition) is 5. The maximum absolute atomic E-state index is 12.3. The Morgan fingerprint density at radius 1 is 1.28 bits per heavy atom. The number of methoxy groups -OCH3 is 1. The van der Waals surface area contributed by atoms with Gasteiger partial charge in [-0.2, -0.15) is 0 Å². The molecule has 9 nitrogen and oxygen atoms in total. The number of H-pyrrole nitrogens is 1. The summed E-state index contributed by atoms with van der Waals surface area (Å²) >= 11 is 0. The molecule has 2 aromatic rings. The van der Waals surface area contributed by atoms with Crippen LogP contribution in [0, 0.1) is 0 Å². The summed E-state index contributed by atoms with van der Waals surface area (Å²) in [6.07, 6.45) is -0.180. The molecule has 134 valence electrons. The number of ether oxygens (including phenoxy) is 1. The molecule has 2 rings (SSSR count). The van der Waals surface area contributed by atoms with Gasteiger partial charge < -0.3 is 15.2 Å². The predicted molar refractivity (Wildman–Crippen MR) is 89.5 cm³/mol. The minimum Gasteiger partial charge on any atom is -0.479 e. The molecule has 1 aromatic heterocycles. The van der Waals surface area contributed by atoms with Gasteiger partial charge in [0.2, 0.25) is 5.91 Å². The number of rotatable bonds is 7. The number of carboxylic acids is 1. The van der Waals surface area contributed by atoms with Crippen LogP contribution in [-0.2, 0) is 20.9 Å². The van der Waals surface area contributed by atoms with Crippen molar-refractivity contribution in [2.45, 2.75) is 25.4 Å². The van der Waals surface area contributed by atoms with Gasteiger partial charge in [-0.15, -0.1) is 0 Å². The molecule has 0 aliphatic heterocycles. The number of benzene rings is 1. The minimum absolute atomic E-state index is 0.0899. The van der Waals surface area contributed by atoms with Gasteiger partial charge >= 0.3 is 5.97 Å². The van der Waals surface area contributed by atoms with E-state index in [1.165, 1.54) is 26.2 Å². The smallest absolute Gasteiger partial charge is 0.331 e. The SMILES string of the molecule is COCC(C)(NC(=O)CCn1[nH]c(=O)c2ccccc2c1=O)C(=O)O. The van der Waals surface area contributed by atoms with Gasteiger partial charge in [0.25, 0.3) is 11.1 Å². The number of nitrogens with one attached hydrogen (secondary N) is 2. The first-order valence-electron chi connectivity index (χ1n) is 7.53. The van der Waals surface area contributed by atoms with Crippen molar-refractivity contribution in [3.63, 3.8) is 0 Å². The molecule has 0 fully saturated rings. The zero-order valence-corrected chi connectivity index (χ0v) is 13.9. The highest BCUT2D eigenvalue weighted by Crippen LogP contribution is 2.06. The molecule has 1 unspecified atom stereocenters. The van der Waals surface area contributed by atoms with Crippen molar-refractivity contribution in [3.05, 3.63) is 45.0 Å². The van der Waals surface area contributed by atoms with Gasteiger partial charge in [-0.25, -0.2) is 9.48 Å². The molecule has 3 N–H and O–H groups in total. The minimum atomic E-state index is -1.58. The molecule has 9 heteroatoms. The second-order valence-electron chi connectivity index (χ2n) is 5.81. The summed E-state index contributed by atoms with van der Waals surface area (Å²) in [4.78, 5) is 47.6. The third-order valence-corrected chi connectivity index (χ3v) is 3.77. The number of aliphatic carboxylic acids is 1. The molecule has 0 aliphatic carbocycles. The van der Waals surface area contributed by atoms with Crippen LogP contribution in [0.25, 0.3) is 10.8 Å². The maximum Gasteiger partial charge on any atom is 0.331 e. The summed E-state index contributed by atoms with van der Waals surface area (Å²) in [7, 11) is 1.33. The molecule has 1 heterocycles. The van der Waals surface area contributed by atoms with Gasteiger partial charge in [-0.1, -0.05) is 12.1 Å². The van der Waals surface area contributed by atoms with Gasteiger partial charge in [-0.05, 0) is 19.1 Å². The molecule has 0 saturated heterocycles. The number of aromatic nitrogens is 2. The van der Waals surface area contributed by atoms with Crippen molar-refractivity contribution in [1.29, 1.82) is 0 Å². The topological polar surface area (TPSA) is 130 Å². The summed E-state index contributed by atoms with van der Waals surface area (Å²) in [6.45, 7) is 1.02. The second kappa shape index (κ2) is 7.31. The summed E-state index contributed by atoms with van der Waals surface area (Å²) in [5.74, 6) is -1.82. The first-order chi connectivity index (χ1) is 11.8. The summed E-state index contributed by atoms with van der Waals surface area (Å²) in [5.41, 5.74) is -2.45. The number of aromatic amines is 1. The van der Waals surface area contributed by atoms with E-state index in [4.69, 9.17) is 4.74 Å². The van der Waals surface area contributed by atoms with Crippen molar-refractivity contribution in [2.75, 3.05) is 13.7 Å². The van der Waals surface area contributed by atoms with Crippen LogP contribution in [0.15, 0.2) is 33.9 Å². The van der Waals surface area contributed by atoms with Crippen molar-refractivity contribution >= 4 is 22.6 Å². The summed E-state index contributed by atoms with van der Waals surface area (Å²) < 4.78 is 5.86. The average Bonchev–Trinajstić information content (AvgIpc) is 2.57. The van der Waals surface area contributed by atoms with Crippen LogP contribution >= 0.6 is 0 Å². The van der Waals surface area contributed by atoms with Crippen LogP contribution in [0.2, 0.25) is 0 Å². The lowest BCUT2D eigenvalue weighted by Gasteiger charge is -2.25. The number of amides is 1. The van der Waals surface area contributed by atoms with Crippen LogP contribution < -0.4 is 16.4 Å². The van der Waals surface area contributed by atoms with Crippen LogP contribution in [0.3, 0.4) is 0 Å². The Balaban J connectivity index is 2.16. The Bertz CT molecular complexity index is 916. The lowest BCUT2D eigenvalue weighted by molar-refractivity contribution is -0.149. The Kier molecular flexibility index (Phi) is 5.38. The monoisotopic (exact) mass is 349 g/mol. The quantitative estimate of drug-likeness (QED) is 0.628. The first-order valence-corrected chi connectivity index (χ1v) is 7.53. The molecule has 0 bridgehead atoms. The molecular formula is C16H19N3O6. The molecule has 1 aromatic carbocycles. The number of carboxylic acid groups (broad SMARTS) is 1. The summed E-state index contributed by atoms with van der Waals surface area (Å²) in [6, 6.07) is 6.36. The zero-order valence-electron chi connectivity index (χ0n) is 13.9. The van der Waals surface area contributed by atoms with E-state index < -0.39 is 28.5 Å². The van der Waals surface area contributed by atoms with Crippen molar-refractivity contribution in [1.82, 2.24) is 15.1 Å². The molecule has 0 spiro atoms. The molecule has 0 radical (unpaired) electrons. The summed E-state index contributed by atoms with van der Waals surface area (Å²) in [5, 5.41) is 14.5. The Morgan fingerprint density at radius 3 is 2.52 bits per heavy atom. The van der Waals surface area contributed by atoms with E-state index in [0.717, 1.165) is 4.68 Å². The van der Waals surface area contributed by atoms with Gasteiger partial charge in [0.05, 0.1) is 23.9 Å². The fourth-order valence-corrected chi connectivity index (χ4v) is 2.43. The highest BCUT2D eigenvalue weighted by atomic mass is 16.5. The number of aryl methyl sites for hydroxylation is 1. The fourth-order valence-electron chi connectivity index (χ4n) is 2.43. The second-order valence-corrected chi connectivity index (χ2v) is 5.81. The fraction of sp³-hybridized carbons (Fsp3) is 0.375. The van der Waals surface area contributed by atoms with E-state index in [1.807, 2.05) is 0 Å². The molecular weight excluding hydrogens is 330 g/mol. The molecule has 0 aliphatic rings. The van der Waals surface area contributed by atoms with Crippen LogP contribution in [0.1, 0.15) is 13.3 Å². The number of hydrogen-bond donors (Lipinski definition) is 3. The van der Waals surface area contributed by atoms with E-state index in [9.17, 15) is 24.3 Å². The standard InChI is InChI=1S/C16H19N3O6/c1-16(9-25-2,15(23)24)17-12(20)7-8-19-14(22)11-6-4-3-5-10(11)13(21)18-19/h3-6H,7-9H2,1-2H3,(H,17,20)(H,18,21)(H,23,24). The van der Waals surface area contributed by atoms with E-state index >= 15 is 0 Å². The van der Waals surface area contributed by atoms with Gasteiger partial charge in [0.1, 0.15) is 0 Å². The largest absolute Gasteiger partial charge is 0.479 e. The number of fused-ring (bicyclic) bond motifs is 1. The lowest BCUT2D eigenvalue weighted by Crippen LogP contribution is -2.55. The molecule has 25 heavy (non-hydrogen) atoms. The third kappa shape index (κ3) is 3.94. The zero-order chi connectivity index (χ0) is 18.6. The van der Waals surface area contributed by atoms with Crippen LogP contribution in [-0.4, -0.2) is 46.0 Å². The number of nitrogens with zero attached hydrogens (tertiary/aromatic N) is 1. The van der Waals surface area contributed by atoms with E-state index in [1.54, 1.807) is 12.1 Å². The maximum atomic E-state index is 12.3. The average molecular weight is 349 g/mol.